The summed E-state index contributed by atoms with van der Waals surface area (Å²) in [6.07, 6.45) is 0. The van der Waals surface area contributed by atoms with Crippen LogP contribution in [0.25, 0.3) is 11.1 Å². The van der Waals surface area contributed by atoms with E-state index < -0.39 is 0 Å². The fourth-order valence-electron chi connectivity index (χ4n) is 2.21. The number of thioether (sulfide) groups is 1. The molecule has 0 spiro atoms. The molecule has 1 heterocycles. The summed E-state index contributed by atoms with van der Waals surface area (Å²) in [7, 11) is 1.58. The molecule has 0 N–H and O–H groups in total. The van der Waals surface area contributed by atoms with Crippen LogP contribution in [-0.4, -0.2) is 7.11 Å². The summed E-state index contributed by atoms with van der Waals surface area (Å²) in [5, 5.41) is 1.17. The average molecular weight is 365 g/mol. The van der Waals surface area contributed by atoms with Crippen LogP contribution in [0.5, 0.6) is 5.95 Å². The Kier molecular flexibility index (Phi) is 5.21. The molecule has 2 nitrogen and oxygen atoms in total. The molecule has 0 amide bonds. The normalized spacial score (nSPS) is 10.7. The number of hydrogen-bond donors (Lipinski definition) is 0. The molecule has 1 aromatic heterocycles. The van der Waals surface area contributed by atoms with Gasteiger partial charge in [0.25, 0.3) is 5.95 Å². The lowest BCUT2D eigenvalue weighted by molar-refractivity contribution is 0.299. The molecule has 23 heavy (non-hydrogen) atoms. The molecule has 2 aromatic carbocycles. The van der Waals surface area contributed by atoms with Crippen LogP contribution >= 0.6 is 35.0 Å². The molecule has 0 unspecified atom stereocenters. The van der Waals surface area contributed by atoms with Gasteiger partial charge in [-0.1, -0.05) is 47.5 Å². The predicted octanol–water partition coefficient (Wildman–Crippen LogP) is 6.55. The summed E-state index contributed by atoms with van der Waals surface area (Å²) in [4.78, 5) is 1.19. The van der Waals surface area contributed by atoms with Crippen LogP contribution in [0.15, 0.2) is 63.9 Å². The zero-order valence-electron chi connectivity index (χ0n) is 12.4. The second-order valence-corrected chi connectivity index (χ2v) is 6.74. The van der Waals surface area contributed by atoms with Crippen molar-refractivity contribution in [3.8, 4) is 17.1 Å². The van der Waals surface area contributed by atoms with Crippen molar-refractivity contribution in [1.29, 1.82) is 0 Å². The van der Waals surface area contributed by atoms with Crippen LogP contribution < -0.4 is 4.74 Å². The van der Waals surface area contributed by atoms with Gasteiger partial charge in [0.2, 0.25) is 0 Å². The molecule has 0 fully saturated rings. The smallest absolute Gasteiger partial charge is 0.292 e. The van der Waals surface area contributed by atoms with E-state index in [2.05, 4.69) is 12.1 Å². The number of rotatable bonds is 5. The second-order valence-electron chi connectivity index (χ2n) is 4.84. The lowest BCUT2D eigenvalue weighted by Crippen LogP contribution is -1.84. The third kappa shape index (κ3) is 3.86. The first-order chi connectivity index (χ1) is 11.2. The summed E-state index contributed by atoms with van der Waals surface area (Å²) in [6.45, 7) is 0. The van der Waals surface area contributed by atoms with Gasteiger partial charge in [-0.25, -0.2) is 0 Å². The van der Waals surface area contributed by atoms with Gasteiger partial charge in [-0.3, -0.25) is 0 Å². The standard InChI is InChI=1S/C18H14Cl2O2S/c1-21-18-16(15-8-7-12(19)9-17(15)20)10-13(22-18)11-23-14-5-3-2-4-6-14/h2-10H,11H2,1H3. The van der Waals surface area contributed by atoms with Gasteiger partial charge in [0.1, 0.15) is 5.76 Å². The Morgan fingerprint density at radius 3 is 2.48 bits per heavy atom. The first-order valence-electron chi connectivity index (χ1n) is 6.97. The van der Waals surface area contributed by atoms with Crippen LogP contribution in [0.3, 0.4) is 0 Å². The van der Waals surface area contributed by atoms with E-state index in [1.165, 1.54) is 4.90 Å². The minimum Gasteiger partial charge on any atom is -0.468 e. The Morgan fingerprint density at radius 2 is 1.78 bits per heavy atom. The highest BCUT2D eigenvalue weighted by atomic mass is 35.5. The largest absolute Gasteiger partial charge is 0.468 e. The Bertz CT molecular complexity index is 800. The lowest BCUT2D eigenvalue weighted by atomic mass is 10.1. The number of hydrogen-bond acceptors (Lipinski definition) is 3. The predicted molar refractivity (Wildman–Crippen MR) is 96.7 cm³/mol. The topological polar surface area (TPSA) is 22.4 Å². The molecular weight excluding hydrogens is 351 g/mol. The third-order valence-electron chi connectivity index (χ3n) is 3.28. The third-order valence-corrected chi connectivity index (χ3v) is 4.86. The van der Waals surface area contributed by atoms with E-state index in [4.69, 9.17) is 32.4 Å². The maximum atomic E-state index is 6.29. The molecule has 3 rings (SSSR count). The van der Waals surface area contributed by atoms with Crippen LogP contribution in [0.2, 0.25) is 10.0 Å². The first-order valence-corrected chi connectivity index (χ1v) is 8.71. The quantitative estimate of drug-likeness (QED) is 0.479. The monoisotopic (exact) mass is 364 g/mol. The number of furan rings is 1. The van der Waals surface area contributed by atoms with Gasteiger partial charge in [0, 0.05) is 15.5 Å². The van der Waals surface area contributed by atoms with Crippen molar-refractivity contribution in [2.45, 2.75) is 10.6 Å². The molecule has 5 heteroatoms. The van der Waals surface area contributed by atoms with E-state index >= 15 is 0 Å². The van der Waals surface area contributed by atoms with Gasteiger partial charge in [-0.05, 0) is 30.3 Å². The summed E-state index contributed by atoms with van der Waals surface area (Å²) in [5.74, 6) is 2.00. The summed E-state index contributed by atoms with van der Waals surface area (Å²) in [6, 6.07) is 17.5. The molecule has 0 saturated heterocycles. The van der Waals surface area contributed by atoms with Crippen molar-refractivity contribution in [3.63, 3.8) is 0 Å². The van der Waals surface area contributed by atoms with Crippen molar-refractivity contribution in [3.05, 3.63) is 70.4 Å². The van der Waals surface area contributed by atoms with Crippen LogP contribution in [-0.2, 0) is 5.75 Å². The van der Waals surface area contributed by atoms with Crippen LogP contribution in [0.1, 0.15) is 5.76 Å². The first kappa shape index (κ1) is 16.3. The average Bonchev–Trinajstić information content (AvgIpc) is 2.97. The summed E-state index contributed by atoms with van der Waals surface area (Å²) < 4.78 is 11.1. The van der Waals surface area contributed by atoms with E-state index in [9.17, 15) is 0 Å². The van der Waals surface area contributed by atoms with Gasteiger partial charge >= 0.3 is 0 Å². The lowest BCUT2D eigenvalue weighted by Gasteiger charge is -2.03. The van der Waals surface area contributed by atoms with E-state index in [0.29, 0.717) is 21.7 Å². The zero-order valence-corrected chi connectivity index (χ0v) is 14.7. The van der Waals surface area contributed by atoms with Gasteiger partial charge in [-0.15, -0.1) is 11.8 Å². The Morgan fingerprint density at radius 1 is 1.00 bits per heavy atom. The number of ether oxygens (including phenoxy) is 1. The molecule has 0 bridgehead atoms. The van der Waals surface area contributed by atoms with E-state index in [1.807, 2.05) is 30.3 Å². The van der Waals surface area contributed by atoms with Gasteiger partial charge in [0.15, 0.2) is 0 Å². The number of benzene rings is 2. The van der Waals surface area contributed by atoms with Crippen molar-refractivity contribution >= 4 is 35.0 Å². The number of methoxy groups -OCH3 is 1. The number of halogens is 2. The van der Waals surface area contributed by atoms with Crippen molar-refractivity contribution in [2.75, 3.05) is 7.11 Å². The molecule has 0 saturated carbocycles. The van der Waals surface area contributed by atoms with Crippen LogP contribution in [0.4, 0.5) is 0 Å². The van der Waals surface area contributed by atoms with Gasteiger partial charge < -0.3 is 9.15 Å². The zero-order chi connectivity index (χ0) is 16.2. The highest BCUT2D eigenvalue weighted by molar-refractivity contribution is 7.98. The molecule has 0 atom stereocenters. The van der Waals surface area contributed by atoms with Crippen molar-refractivity contribution in [2.24, 2.45) is 0 Å². The SMILES string of the molecule is COc1oc(CSc2ccccc2)cc1-c1ccc(Cl)cc1Cl. The Balaban J connectivity index is 1.86. The molecule has 118 valence electrons. The molecule has 0 aliphatic carbocycles. The van der Waals surface area contributed by atoms with E-state index in [1.54, 1.807) is 31.0 Å². The van der Waals surface area contributed by atoms with Gasteiger partial charge in [-0.2, -0.15) is 0 Å². The van der Waals surface area contributed by atoms with Crippen LogP contribution in [0, 0.1) is 0 Å². The summed E-state index contributed by atoms with van der Waals surface area (Å²) >= 11 is 14.0. The van der Waals surface area contributed by atoms with E-state index in [-0.39, 0.29) is 0 Å². The second kappa shape index (κ2) is 7.35. The minimum absolute atomic E-state index is 0.456. The molecule has 0 aliphatic heterocycles. The fraction of sp³-hybridized carbons (Fsp3) is 0.111. The van der Waals surface area contributed by atoms with Gasteiger partial charge in [0.05, 0.1) is 23.4 Å². The minimum atomic E-state index is 0.456. The Hall–Kier alpha value is -1.55. The fourth-order valence-corrected chi connectivity index (χ4v) is 3.52. The van der Waals surface area contributed by atoms with Crippen molar-refractivity contribution < 1.29 is 9.15 Å². The highest BCUT2D eigenvalue weighted by Crippen LogP contribution is 2.39. The highest BCUT2D eigenvalue weighted by Gasteiger charge is 2.16. The Labute approximate surface area is 149 Å². The molecule has 0 aliphatic rings. The summed E-state index contributed by atoms with van der Waals surface area (Å²) in [5.41, 5.74) is 1.67. The molecule has 0 radical (unpaired) electrons. The van der Waals surface area contributed by atoms with Crippen molar-refractivity contribution in [1.82, 2.24) is 0 Å². The maximum absolute atomic E-state index is 6.29. The maximum Gasteiger partial charge on any atom is 0.292 e. The molecule has 3 aromatic rings. The molecular formula is C18H14Cl2O2S. The van der Waals surface area contributed by atoms with E-state index in [0.717, 1.165) is 16.9 Å².